The number of rotatable bonds is 8. The smallest absolute Gasteiger partial charge is 0.307 e. The van der Waals surface area contributed by atoms with Crippen molar-refractivity contribution in [3.8, 4) is 0 Å². The largest absolute Gasteiger partial charge is 0.463 e. The first kappa shape index (κ1) is 17.7. The number of nitrogens with one attached hydrogen (secondary N) is 2. The molecule has 6 heteroatoms. The van der Waals surface area contributed by atoms with E-state index in [-0.39, 0.29) is 24.5 Å². The first-order valence-corrected chi connectivity index (χ1v) is 6.72. The Morgan fingerprint density at radius 2 is 2.00 bits per heavy atom. The lowest BCUT2D eigenvalue weighted by Crippen LogP contribution is -2.44. The van der Waals surface area contributed by atoms with Gasteiger partial charge >= 0.3 is 5.97 Å². The standard InChI is InChI=1S/C13H27N3O3/c1-6-14-13(16-11(4)9-18-5)15-8-7-12(17)19-10(2)3/h10-11H,6-9H2,1-5H3,(H2,14,15,16). The molecule has 0 aromatic rings. The van der Waals surface area contributed by atoms with Crippen LogP contribution in [0.25, 0.3) is 0 Å². The first-order chi connectivity index (χ1) is 8.99. The van der Waals surface area contributed by atoms with E-state index in [0.29, 0.717) is 19.1 Å². The molecule has 1 unspecified atom stereocenters. The van der Waals surface area contributed by atoms with Crippen LogP contribution < -0.4 is 10.6 Å². The van der Waals surface area contributed by atoms with Gasteiger partial charge in [-0.05, 0) is 27.7 Å². The molecule has 0 aliphatic heterocycles. The maximum absolute atomic E-state index is 11.4. The van der Waals surface area contributed by atoms with E-state index in [4.69, 9.17) is 9.47 Å². The molecule has 0 aromatic carbocycles. The van der Waals surface area contributed by atoms with E-state index in [2.05, 4.69) is 15.6 Å². The van der Waals surface area contributed by atoms with Gasteiger partial charge in [0, 0.05) is 19.7 Å². The van der Waals surface area contributed by atoms with E-state index in [1.54, 1.807) is 7.11 Å². The van der Waals surface area contributed by atoms with Gasteiger partial charge in [0.15, 0.2) is 5.96 Å². The van der Waals surface area contributed by atoms with E-state index >= 15 is 0 Å². The summed E-state index contributed by atoms with van der Waals surface area (Å²) in [5.74, 6) is 0.462. The highest BCUT2D eigenvalue weighted by atomic mass is 16.5. The molecule has 0 saturated carbocycles. The van der Waals surface area contributed by atoms with Crippen molar-refractivity contribution >= 4 is 11.9 Å². The Morgan fingerprint density at radius 3 is 2.53 bits per heavy atom. The van der Waals surface area contributed by atoms with Crippen molar-refractivity contribution < 1.29 is 14.3 Å². The van der Waals surface area contributed by atoms with Gasteiger partial charge < -0.3 is 20.1 Å². The minimum Gasteiger partial charge on any atom is -0.463 e. The molecule has 0 heterocycles. The minimum atomic E-state index is -0.223. The Bertz CT molecular complexity index is 280. The Morgan fingerprint density at radius 1 is 1.32 bits per heavy atom. The van der Waals surface area contributed by atoms with E-state index in [0.717, 1.165) is 6.54 Å². The monoisotopic (exact) mass is 273 g/mol. The second kappa shape index (κ2) is 10.6. The summed E-state index contributed by atoms with van der Waals surface area (Å²) in [5, 5.41) is 6.31. The third-order valence-electron chi connectivity index (χ3n) is 2.10. The summed E-state index contributed by atoms with van der Waals surface area (Å²) >= 11 is 0. The number of hydrogen-bond acceptors (Lipinski definition) is 4. The molecule has 0 bridgehead atoms. The SMILES string of the molecule is CCNC(=NCCC(=O)OC(C)C)NC(C)COC. The van der Waals surface area contributed by atoms with Crippen molar-refractivity contribution in [1.82, 2.24) is 10.6 Å². The molecule has 112 valence electrons. The number of nitrogens with zero attached hydrogens (tertiary/aromatic N) is 1. The van der Waals surface area contributed by atoms with Crippen LogP contribution >= 0.6 is 0 Å². The summed E-state index contributed by atoms with van der Waals surface area (Å²) in [6, 6.07) is 0.158. The Balaban J connectivity index is 4.14. The normalized spacial score (nSPS) is 13.3. The quantitative estimate of drug-likeness (QED) is 0.391. The highest BCUT2D eigenvalue weighted by Crippen LogP contribution is 1.94. The number of guanidine groups is 1. The average molecular weight is 273 g/mol. The molecule has 0 aromatic heterocycles. The molecule has 0 rings (SSSR count). The van der Waals surface area contributed by atoms with Gasteiger partial charge in [-0.3, -0.25) is 9.79 Å². The highest BCUT2D eigenvalue weighted by molar-refractivity contribution is 5.80. The summed E-state index contributed by atoms with van der Waals surface area (Å²) in [6.07, 6.45) is 0.206. The fourth-order valence-electron chi connectivity index (χ4n) is 1.43. The van der Waals surface area contributed by atoms with Crippen molar-refractivity contribution in [3.05, 3.63) is 0 Å². The molecule has 1 atom stereocenters. The number of hydrogen-bond donors (Lipinski definition) is 2. The van der Waals surface area contributed by atoms with E-state index in [9.17, 15) is 4.79 Å². The number of carbonyl (C=O) groups excluding carboxylic acids is 1. The van der Waals surface area contributed by atoms with Gasteiger partial charge in [0.1, 0.15) is 0 Å². The first-order valence-electron chi connectivity index (χ1n) is 6.72. The van der Waals surface area contributed by atoms with Crippen LogP contribution in [-0.4, -0.2) is 50.9 Å². The molecule has 0 aliphatic carbocycles. The second-order valence-electron chi connectivity index (χ2n) is 4.55. The zero-order valence-corrected chi connectivity index (χ0v) is 12.7. The number of aliphatic imine (C=N–C) groups is 1. The topological polar surface area (TPSA) is 72.0 Å². The maximum Gasteiger partial charge on any atom is 0.307 e. The van der Waals surface area contributed by atoms with Gasteiger partial charge in [0.25, 0.3) is 0 Å². The lowest BCUT2D eigenvalue weighted by atomic mass is 10.4. The van der Waals surface area contributed by atoms with Crippen LogP contribution in [0.3, 0.4) is 0 Å². The average Bonchev–Trinajstić information content (AvgIpc) is 2.28. The molecule has 6 nitrogen and oxygen atoms in total. The molecule has 0 fully saturated rings. The summed E-state index contributed by atoms with van der Waals surface area (Å²) in [4.78, 5) is 15.7. The van der Waals surface area contributed by atoms with Crippen LogP contribution in [0.15, 0.2) is 4.99 Å². The maximum atomic E-state index is 11.4. The highest BCUT2D eigenvalue weighted by Gasteiger charge is 2.06. The molecule has 0 amide bonds. The molecule has 2 N–H and O–H groups in total. The van der Waals surface area contributed by atoms with Gasteiger partial charge in [-0.15, -0.1) is 0 Å². The number of ether oxygens (including phenoxy) is 2. The van der Waals surface area contributed by atoms with Crippen LogP contribution in [0, 0.1) is 0 Å². The van der Waals surface area contributed by atoms with E-state index < -0.39 is 0 Å². The fraction of sp³-hybridized carbons (Fsp3) is 0.846. The van der Waals surface area contributed by atoms with Crippen LogP contribution in [0.5, 0.6) is 0 Å². The third kappa shape index (κ3) is 10.3. The third-order valence-corrected chi connectivity index (χ3v) is 2.10. The van der Waals surface area contributed by atoms with Crippen LogP contribution in [0.4, 0.5) is 0 Å². The van der Waals surface area contributed by atoms with E-state index in [1.807, 2.05) is 27.7 Å². The summed E-state index contributed by atoms with van der Waals surface area (Å²) in [6.45, 7) is 9.43. The lowest BCUT2D eigenvalue weighted by molar-refractivity contribution is -0.147. The van der Waals surface area contributed by atoms with Crippen molar-refractivity contribution in [2.45, 2.75) is 46.3 Å². The summed E-state index contributed by atoms with van der Waals surface area (Å²) in [5.41, 5.74) is 0. The van der Waals surface area contributed by atoms with Crippen molar-refractivity contribution in [1.29, 1.82) is 0 Å². The number of carbonyl (C=O) groups is 1. The number of esters is 1. The molecular weight excluding hydrogens is 246 g/mol. The lowest BCUT2D eigenvalue weighted by Gasteiger charge is -2.16. The molecule has 0 aliphatic rings. The van der Waals surface area contributed by atoms with Crippen molar-refractivity contribution in [2.75, 3.05) is 26.8 Å². The van der Waals surface area contributed by atoms with Crippen LogP contribution in [0.1, 0.15) is 34.1 Å². The molecule has 0 spiro atoms. The molecule has 0 radical (unpaired) electrons. The van der Waals surface area contributed by atoms with Gasteiger partial charge in [0.05, 0.1) is 25.7 Å². The molecule has 19 heavy (non-hydrogen) atoms. The van der Waals surface area contributed by atoms with Gasteiger partial charge in [-0.25, -0.2) is 0 Å². The zero-order chi connectivity index (χ0) is 14.7. The Hall–Kier alpha value is -1.30. The summed E-state index contributed by atoms with van der Waals surface area (Å²) in [7, 11) is 1.66. The van der Waals surface area contributed by atoms with Gasteiger partial charge in [-0.1, -0.05) is 0 Å². The molecule has 0 saturated heterocycles. The second-order valence-corrected chi connectivity index (χ2v) is 4.55. The van der Waals surface area contributed by atoms with Crippen molar-refractivity contribution in [3.63, 3.8) is 0 Å². The van der Waals surface area contributed by atoms with Crippen LogP contribution in [-0.2, 0) is 14.3 Å². The zero-order valence-electron chi connectivity index (χ0n) is 12.7. The Kier molecular flexibility index (Phi) is 9.88. The van der Waals surface area contributed by atoms with E-state index in [1.165, 1.54) is 0 Å². The van der Waals surface area contributed by atoms with Crippen LogP contribution in [0.2, 0.25) is 0 Å². The van der Waals surface area contributed by atoms with Gasteiger partial charge in [-0.2, -0.15) is 0 Å². The number of methoxy groups -OCH3 is 1. The van der Waals surface area contributed by atoms with Crippen molar-refractivity contribution in [2.24, 2.45) is 4.99 Å². The fourth-order valence-corrected chi connectivity index (χ4v) is 1.43. The molecular formula is C13H27N3O3. The Labute approximate surface area is 116 Å². The van der Waals surface area contributed by atoms with Gasteiger partial charge in [0.2, 0.25) is 0 Å². The summed E-state index contributed by atoms with van der Waals surface area (Å²) < 4.78 is 10.1. The predicted octanol–water partition coefficient (Wildman–Crippen LogP) is 0.918. The minimum absolute atomic E-state index is 0.0791. The predicted molar refractivity (Wildman–Crippen MR) is 76.3 cm³/mol.